The smallest absolute Gasteiger partial charge is 0.119 e. The van der Waals surface area contributed by atoms with Gasteiger partial charge in [0, 0.05) is 6.20 Å². The molecule has 1 aromatic carbocycles. The van der Waals surface area contributed by atoms with Gasteiger partial charge in [0.05, 0.1) is 6.10 Å². The van der Waals surface area contributed by atoms with Gasteiger partial charge in [-0.05, 0) is 51.5 Å². The zero-order valence-corrected chi connectivity index (χ0v) is 12.8. The van der Waals surface area contributed by atoms with Crippen molar-refractivity contribution in [1.82, 2.24) is 5.48 Å². The molecule has 0 aliphatic carbocycles. The fourth-order valence-electron chi connectivity index (χ4n) is 1.40. The van der Waals surface area contributed by atoms with E-state index in [0.717, 1.165) is 17.9 Å². The van der Waals surface area contributed by atoms with E-state index >= 15 is 0 Å². The highest BCUT2D eigenvalue weighted by molar-refractivity contribution is 5.31. The third kappa shape index (κ3) is 6.48. The summed E-state index contributed by atoms with van der Waals surface area (Å²) < 4.78 is 11.4. The molecule has 1 N–H and O–H groups in total. The van der Waals surface area contributed by atoms with E-state index in [1.54, 1.807) is 6.20 Å². The number of hydrogen-bond acceptors (Lipinski definition) is 4. The molecule has 2 atom stereocenters. The third-order valence-corrected chi connectivity index (χ3v) is 2.72. The van der Waals surface area contributed by atoms with Crippen molar-refractivity contribution in [2.24, 2.45) is 0 Å². The summed E-state index contributed by atoms with van der Waals surface area (Å²) in [4.78, 5) is 5.31. The van der Waals surface area contributed by atoms with Crippen molar-refractivity contribution in [3.05, 3.63) is 36.5 Å². The number of allylic oxidation sites excluding steroid dienone is 1. The summed E-state index contributed by atoms with van der Waals surface area (Å²) >= 11 is 0. The van der Waals surface area contributed by atoms with Crippen LogP contribution < -0.4 is 15.0 Å². The van der Waals surface area contributed by atoms with Crippen LogP contribution in [-0.2, 0) is 4.84 Å². The van der Waals surface area contributed by atoms with Gasteiger partial charge in [0.1, 0.15) is 24.2 Å². The van der Waals surface area contributed by atoms with Crippen LogP contribution >= 0.6 is 0 Å². The van der Waals surface area contributed by atoms with E-state index in [4.69, 9.17) is 14.3 Å². The predicted octanol–water partition coefficient (Wildman–Crippen LogP) is 3.69. The molecule has 0 aliphatic rings. The molecule has 0 aromatic heterocycles. The topological polar surface area (TPSA) is 39.7 Å². The molecule has 1 aromatic rings. The Hall–Kier alpha value is -1.68. The molecule has 4 nitrogen and oxygen atoms in total. The van der Waals surface area contributed by atoms with E-state index < -0.39 is 0 Å². The van der Waals surface area contributed by atoms with E-state index in [9.17, 15) is 0 Å². The standard InChI is InChI=1S/C16H25NO3/c1-5-11-17-20-14(4)12-18-15-7-9-16(10-8-15)19-13(3)6-2/h5,7-11,13-14,17H,6,12H2,1-4H3. The number of nitrogens with one attached hydrogen (secondary N) is 1. The van der Waals surface area contributed by atoms with Crippen LogP contribution in [0.2, 0.25) is 0 Å². The van der Waals surface area contributed by atoms with Gasteiger partial charge >= 0.3 is 0 Å². The maximum absolute atomic E-state index is 5.71. The summed E-state index contributed by atoms with van der Waals surface area (Å²) in [7, 11) is 0. The molecule has 0 heterocycles. The summed E-state index contributed by atoms with van der Waals surface area (Å²) in [5, 5.41) is 0. The van der Waals surface area contributed by atoms with Gasteiger partial charge in [-0.2, -0.15) is 0 Å². The van der Waals surface area contributed by atoms with Crippen LogP contribution in [0.25, 0.3) is 0 Å². The molecule has 112 valence electrons. The van der Waals surface area contributed by atoms with Crippen LogP contribution in [0.1, 0.15) is 34.1 Å². The first kappa shape index (κ1) is 16.4. The number of hydroxylamine groups is 1. The molecule has 0 bridgehead atoms. The van der Waals surface area contributed by atoms with E-state index in [0.29, 0.717) is 6.61 Å². The van der Waals surface area contributed by atoms with Gasteiger partial charge in [-0.3, -0.25) is 10.3 Å². The number of ether oxygens (including phenoxy) is 2. The Balaban J connectivity index is 2.34. The van der Waals surface area contributed by atoms with Crippen LogP contribution in [0, 0.1) is 0 Å². The molecule has 0 saturated carbocycles. The van der Waals surface area contributed by atoms with E-state index in [1.165, 1.54) is 0 Å². The van der Waals surface area contributed by atoms with Gasteiger partial charge in [-0.1, -0.05) is 13.0 Å². The Kier molecular flexibility index (Phi) is 7.58. The van der Waals surface area contributed by atoms with E-state index in [2.05, 4.69) is 19.3 Å². The van der Waals surface area contributed by atoms with E-state index in [1.807, 2.05) is 44.2 Å². The second-order valence-corrected chi connectivity index (χ2v) is 4.67. The first-order valence-electron chi connectivity index (χ1n) is 7.07. The summed E-state index contributed by atoms with van der Waals surface area (Å²) in [6.45, 7) is 8.50. The number of rotatable bonds is 9. The zero-order valence-electron chi connectivity index (χ0n) is 12.8. The molecule has 20 heavy (non-hydrogen) atoms. The number of benzene rings is 1. The fourth-order valence-corrected chi connectivity index (χ4v) is 1.40. The third-order valence-electron chi connectivity index (χ3n) is 2.72. The van der Waals surface area contributed by atoms with Crippen LogP contribution in [-0.4, -0.2) is 18.8 Å². The van der Waals surface area contributed by atoms with Crippen LogP contribution in [0.4, 0.5) is 0 Å². The summed E-state index contributed by atoms with van der Waals surface area (Å²) in [5.41, 5.74) is 2.73. The van der Waals surface area contributed by atoms with Gasteiger partial charge in [-0.25, -0.2) is 0 Å². The molecule has 0 amide bonds. The van der Waals surface area contributed by atoms with Crippen LogP contribution in [0.15, 0.2) is 36.5 Å². The molecule has 2 unspecified atom stereocenters. The Bertz CT molecular complexity index is 389. The quantitative estimate of drug-likeness (QED) is 0.700. The lowest BCUT2D eigenvalue weighted by Gasteiger charge is -2.15. The van der Waals surface area contributed by atoms with Crippen LogP contribution in [0.3, 0.4) is 0 Å². The molecule has 0 aliphatic heterocycles. The minimum atomic E-state index is -0.0396. The van der Waals surface area contributed by atoms with Crippen molar-refractivity contribution in [2.75, 3.05) is 6.61 Å². The summed E-state index contributed by atoms with van der Waals surface area (Å²) in [6.07, 6.45) is 4.78. The monoisotopic (exact) mass is 279 g/mol. The maximum atomic E-state index is 5.71. The van der Waals surface area contributed by atoms with Gasteiger partial charge in [0.25, 0.3) is 0 Å². The first-order valence-corrected chi connectivity index (χ1v) is 7.07. The highest BCUT2D eigenvalue weighted by Crippen LogP contribution is 2.19. The molecule has 0 fully saturated rings. The second-order valence-electron chi connectivity index (χ2n) is 4.67. The highest BCUT2D eigenvalue weighted by Gasteiger charge is 2.04. The summed E-state index contributed by atoms with van der Waals surface area (Å²) in [5.74, 6) is 1.67. The largest absolute Gasteiger partial charge is 0.491 e. The average Bonchev–Trinajstić information content (AvgIpc) is 2.46. The number of hydrogen-bond donors (Lipinski definition) is 1. The molecule has 0 radical (unpaired) electrons. The Labute approximate surface area is 121 Å². The molecule has 1 rings (SSSR count). The first-order chi connectivity index (χ1) is 9.65. The molecule has 0 saturated heterocycles. The lowest BCUT2D eigenvalue weighted by molar-refractivity contribution is -0.0146. The highest BCUT2D eigenvalue weighted by atomic mass is 16.7. The SMILES string of the molecule is CC=CNOC(C)COc1ccc(OC(C)CC)cc1. The molecular weight excluding hydrogens is 254 g/mol. The lowest BCUT2D eigenvalue weighted by Crippen LogP contribution is -2.23. The minimum Gasteiger partial charge on any atom is -0.491 e. The van der Waals surface area contributed by atoms with Crippen molar-refractivity contribution < 1.29 is 14.3 Å². The van der Waals surface area contributed by atoms with Crippen molar-refractivity contribution in [3.8, 4) is 11.5 Å². The molecule has 4 heteroatoms. The van der Waals surface area contributed by atoms with Crippen molar-refractivity contribution >= 4 is 0 Å². The zero-order chi connectivity index (χ0) is 14.8. The Morgan fingerprint density at radius 1 is 1.10 bits per heavy atom. The van der Waals surface area contributed by atoms with Gasteiger partial charge < -0.3 is 9.47 Å². The van der Waals surface area contributed by atoms with Crippen molar-refractivity contribution in [3.63, 3.8) is 0 Å². The second kappa shape index (κ2) is 9.26. The molecule has 0 spiro atoms. The van der Waals surface area contributed by atoms with Gasteiger partial charge in [-0.15, -0.1) is 0 Å². The van der Waals surface area contributed by atoms with Gasteiger partial charge in [0.15, 0.2) is 0 Å². The van der Waals surface area contributed by atoms with Gasteiger partial charge in [0.2, 0.25) is 0 Å². The Morgan fingerprint density at radius 3 is 2.35 bits per heavy atom. The van der Waals surface area contributed by atoms with Crippen molar-refractivity contribution in [2.45, 2.75) is 46.3 Å². The van der Waals surface area contributed by atoms with Crippen LogP contribution in [0.5, 0.6) is 11.5 Å². The minimum absolute atomic E-state index is 0.0396. The normalized spacial score (nSPS) is 14.0. The molecular formula is C16H25NO3. The van der Waals surface area contributed by atoms with Crippen molar-refractivity contribution in [1.29, 1.82) is 0 Å². The summed E-state index contributed by atoms with van der Waals surface area (Å²) in [6, 6.07) is 7.66. The maximum Gasteiger partial charge on any atom is 0.119 e. The van der Waals surface area contributed by atoms with E-state index in [-0.39, 0.29) is 12.2 Å². The Morgan fingerprint density at radius 2 is 1.75 bits per heavy atom. The average molecular weight is 279 g/mol. The predicted molar refractivity (Wildman–Crippen MR) is 80.8 cm³/mol. The lowest BCUT2D eigenvalue weighted by atomic mass is 10.3. The fraction of sp³-hybridized carbons (Fsp3) is 0.500.